The molecule has 21 heavy (non-hydrogen) atoms. The number of amides is 2. The highest BCUT2D eigenvalue weighted by Gasteiger charge is 2.21. The summed E-state index contributed by atoms with van der Waals surface area (Å²) in [6.07, 6.45) is 0.629. The topological polar surface area (TPSA) is 93.2 Å². The van der Waals surface area contributed by atoms with Crippen LogP contribution in [0.3, 0.4) is 0 Å². The minimum atomic E-state index is -0.338. The second-order valence-electron chi connectivity index (χ2n) is 5.24. The first-order valence-corrected chi connectivity index (χ1v) is 8.12. The van der Waals surface area contributed by atoms with E-state index in [0.717, 1.165) is 0 Å². The van der Waals surface area contributed by atoms with Crippen molar-refractivity contribution in [2.75, 3.05) is 12.4 Å². The maximum atomic E-state index is 11.7. The Morgan fingerprint density at radius 1 is 1.38 bits per heavy atom. The molecule has 118 valence electrons. The second-order valence-corrected chi connectivity index (χ2v) is 7.67. The fraction of sp³-hybridized carbons (Fsp3) is 0.667. The molecule has 0 saturated heterocycles. The average Bonchev–Trinajstić information content (AvgIpc) is 2.79. The number of ether oxygens (including phenoxy) is 1. The number of urea groups is 1. The maximum Gasteiger partial charge on any atom is 0.321 e. The van der Waals surface area contributed by atoms with E-state index in [2.05, 4.69) is 20.8 Å². The largest absolute Gasteiger partial charge is 0.468 e. The van der Waals surface area contributed by atoms with Gasteiger partial charge in [0.15, 0.2) is 4.34 Å². The van der Waals surface area contributed by atoms with E-state index < -0.39 is 0 Å². The van der Waals surface area contributed by atoms with Crippen LogP contribution >= 0.6 is 23.1 Å². The minimum absolute atomic E-state index is 0.294. The number of nitrogens with one attached hydrogen (secondary N) is 2. The number of methoxy groups -OCH3 is 1. The number of hydrogen-bond donors (Lipinski definition) is 2. The molecular formula is C12H20N4O3S2. The highest BCUT2D eigenvalue weighted by Crippen LogP contribution is 2.30. The van der Waals surface area contributed by atoms with E-state index in [1.54, 1.807) is 0 Å². The van der Waals surface area contributed by atoms with Crippen LogP contribution in [0.2, 0.25) is 0 Å². The summed E-state index contributed by atoms with van der Waals surface area (Å²) >= 11 is 2.50. The standard InChI is InChI=1S/C12H20N4O3S2/c1-6-7(8(17)19-5)20-11-16-15-10(21-11)13-9(18)14-12(2,3)4/h7H,6H2,1-5H3,(H2,13,14,15,18)/t7-/m1/s1. The lowest BCUT2D eigenvalue weighted by molar-refractivity contribution is -0.140. The normalized spacial score (nSPS) is 12.6. The Bertz CT molecular complexity index is 499. The lowest BCUT2D eigenvalue weighted by atomic mass is 10.1. The second kappa shape index (κ2) is 7.60. The minimum Gasteiger partial charge on any atom is -0.468 e. The lowest BCUT2D eigenvalue weighted by Crippen LogP contribution is -2.43. The first-order chi connectivity index (χ1) is 9.75. The van der Waals surface area contributed by atoms with Gasteiger partial charge in [-0.1, -0.05) is 30.0 Å². The molecule has 1 aromatic heterocycles. The number of carbonyl (C=O) groups is 2. The molecule has 0 aliphatic heterocycles. The van der Waals surface area contributed by atoms with Gasteiger partial charge in [0.25, 0.3) is 0 Å². The number of anilines is 1. The van der Waals surface area contributed by atoms with Crippen molar-refractivity contribution in [3.05, 3.63) is 0 Å². The molecule has 0 radical (unpaired) electrons. The van der Waals surface area contributed by atoms with Crippen LogP contribution in [0.1, 0.15) is 34.1 Å². The van der Waals surface area contributed by atoms with E-state index in [1.807, 2.05) is 27.7 Å². The van der Waals surface area contributed by atoms with Gasteiger partial charge in [-0.25, -0.2) is 4.79 Å². The maximum absolute atomic E-state index is 11.7. The van der Waals surface area contributed by atoms with Crippen molar-refractivity contribution >= 4 is 40.2 Å². The van der Waals surface area contributed by atoms with Crippen LogP contribution in [-0.2, 0) is 9.53 Å². The summed E-state index contributed by atoms with van der Waals surface area (Å²) in [5.74, 6) is -0.294. The molecule has 9 heteroatoms. The smallest absolute Gasteiger partial charge is 0.321 e. The molecule has 0 saturated carbocycles. The predicted molar refractivity (Wildman–Crippen MR) is 83.8 cm³/mol. The summed E-state index contributed by atoms with van der Waals surface area (Å²) in [5, 5.41) is 13.3. The summed E-state index contributed by atoms with van der Waals surface area (Å²) in [5.41, 5.74) is -0.329. The molecule has 0 unspecified atom stereocenters. The van der Waals surface area contributed by atoms with Gasteiger partial charge in [-0.2, -0.15) is 0 Å². The molecule has 0 aliphatic rings. The van der Waals surface area contributed by atoms with Gasteiger partial charge in [0.2, 0.25) is 5.13 Å². The molecule has 1 aromatic rings. The summed E-state index contributed by atoms with van der Waals surface area (Å²) in [6.45, 7) is 7.55. The number of nitrogens with zero attached hydrogens (tertiary/aromatic N) is 2. The number of esters is 1. The van der Waals surface area contributed by atoms with E-state index in [-0.39, 0.29) is 22.8 Å². The van der Waals surface area contributed by atoms with Crippen LogP contribution < -0.4 is 10.6 Å². The molecule has 7 nitrogen and oxygen atoms in total. The van der Waals surface area contributed by atoms with Crippen molar-refractivity contribution in [3.8, 4) is 0 Å². The van der Waals surface area contributed by atoms with Gasteiger partial charge in [-0.05, 0) is 27.2 Å². The van der Waals surface area contributed by atoms with Gasteiger partial charge in [0, 0.05) is 5.54 Å². The van der Waals surface area contributed by atoms with Crippen LogP contribution in [-0.4, -0.2) is 40.1 Å². The predicted octanol–water partition coefficient (Wildman–Crippen LogP) is 2.50. The van der Waals surface area contributed by atoms with E-state index in [9.17, 15) is 9.59 Å². The summed E-state index contributed by atoms with van der Waals surface area (Å²) < 4.78 is 5.33. The number of rotatable bonds is 5. The Kier molecular flexibility index (Phi) is 6.41. The Hall–Kier alpha value is -1.35. The number of thioether (sulfide) groups is 1. The Balaban J connectivity index is 2.61. The Morgan fingerprint density at radius 2 is 2.05 bits per heavy atom. The molecule has 2 N–H and O–H groups in total. The van der Waals surface area contributed by atoms with Gasteiger partial charge >= 0.3 is 12.0 Å². The quantitative estimate of drug-likeness (QED) is 0.489. The van der Waals surface area contributed by atoms with Crippen LogP contribution in [0.15, 0.2) is 4.34 Å². The molecule has 0 aliphatic carbocycles. The van der Waals surface area contributed by atoms with E-state index in [0.29, 0.717) is 15.9 Å². The lowest BCUT2D eigenvalue weighted by Gasteiger charge is -2.19. The summed E-state index contributed by atoms with van der Waals surface area (Å²) in [4.78, 5) is 23.2. The highest BCUT2D eigenvalue weighted by atomic mass is 32.2. The van der Waals surface area contributed by atoms with Crippen molar-refractivity contribution in [2.45, 2.75) is 49.2 Å². The first kappa shape index (κ1) is 17.7. The SMILES string of the molecule is CC[C@@H](Sc1nnc(NC(=O)NC(C)(C)C)s1)C(=O)OC. The highest BCUT2D eigenvalue weighted by molar-refractivity contribution is 8.02. The van der Waals surface area contributed by atoms with Gasteiger partial charge in [0.1, 0.15) is 5.25 Å². The van der Waals surface area contributed by atoms with Crippen LogP contribution in [0.5, 0.6) is 0 Å². The zero-order valence-corrected chi connectivity index (χ0v) is 14.4. The van der Waals surface area contributed by atoms with Crippen LogP contribution in [0, 0.1) is 0 Å². The molecule has 1 heterocycles. The van der Waals surface area contributed by atoms with Crippen LogP contribution in [0.4, 0.5) is 9.93 Å². The van der Waals surface area contributed by atoms with E-state index in [4.69, 9.17) is 4.74 Å². The van der Waals surface area contributed by atoms with Gasteiger partial charge in [-0.3, -0.25) is 10.1 Å². The summed E-state index contributed by atoms with van der Waals surface area (Å²) in [6, 6.07) is -0.338. The molecule has 0 spiro atoms. The number of aromatic nitrogens is 2. The van der Waals surface area contributed by atoms with Crippen molar-refractivity contribution in [1.29, 1.82) is 0 Å². The van der Waals surface area contributed by atoms with Gasteiger partial charge in [0.05, 0.1) is 7.11 Å². The molecular weight excluding hydrogens is 312 g/mol. The first-order valence-electron chi connectivity index (χ1n) is 6.42. The third-order valence-electron chi connectivity index (χ3n) is 2.19. The molecule has 1 atom stereocenters. The van der Waals surface area contributed by atoms with Crippen LogP contribution in [0.25, 0.3) is 0 Å². The summed E-state index contributed by atoms with van der Waals surface area (Å²) in [7, 11) is 1.36. The monoisotopic (exact) mass is 332 g/mol. The third kappa shape index (κ3) is 6.30. The average molecular weight is 332 g/mol. The van der Waals surface area contributed by atoms with E-state index >= 15 is 0 Å². The number of carbonyl (C=O) groups excluding carboxylic acids is 2. The van der Waals surface area contributed by atoms with Crippen molar-refractivity contribution in [3.63, 3.8) is 0 Å². The molecule has 2 amide bonds. The van der Waals surface area contributed by atoms with Crippen molar-refractivity contribution in [1.82, 2.24) is 15.5 Å². The third-order valence-corrected chi connectivity index (χ3v) is 4.46. The molecule has 0 bridgehead atoms. The number of hydrogen-bond acceptors (Lipinski definition) is 7. The van der Waals surface area contributed by atoms with Crippen molar-refractivity contribution < 1.29 is 14.3 Å². The molecule has 0 aromatic carbocycles. The Labute approximate surface area is 132 Å². The fourth-order valence-electron chi connectivity index (χ4n) is 1.33. The van der Waals surface area contributed by atoms with E-state index in [1.165, 1.54) is 30.2 Å². The zero-order valence-electron chi connectivity index (χ0n) is 12.7. The zero-order chi connectivity index (χ0) is 16.0. The molecule has 0 fully saturated rings. The molecule has 1 rings (SSSR count). The van der Waals surface area contributed by atoms with Gasteiger partial charge in [-0.15, -0.1) is 10.2 Å². The fourth-order valence-corrected chi connectivity index (χ4v) is 3.27. The van der Waals surface area contributed by atoms with Crippen molar-refractivity contribution in [2.24, 2.45) is 0 Å². The van der Waals surface area contributed by atoms with Gasteiger partial charge < -0.3 is 10.1 Å². The Morgan fingerprint density at radius 3 is 2.57 bits per heavy atom.